The lowest BCUT2D eigenvalue weighted by Crippen LogP contribution is -2.57. The van der Waals surface area contributed by atoms with E-state index >= 15 is 0 Å². The lowest BCUT2D eigenvalue weighted by molar-refractivity contribution is -1.13. The molecule has 0 saturated heterocycles. The smallest absolute Gasteiger partial charge is 0.151 e. The second-order valence-corrected chi connectivity index (χ2v) is 3.12. The van der Waals surface area contributed by atoms with Crippen molar-refractivity contribution < 1.29 is 15.1 Å². The normalized spacial score (nSPS) is 16.5. The van der Waals surface area contributed by atoms with Crippen molar-refractivity contribution in [2.75, 3.05) is 47.4 Å². The average molecular weight is 178 g/mol. The molecule has 0 spiro atoms. The van der Waals surface area contributed by atoms with E-state index in [2.05, 4.69) is 5.43 Å². The van der Waals surface area contributed by atoms with Gasteiger partial charge in [0.1, 0.15) is 6.54 Å². The van der Waals surface area contributed by atoms with Gasteiger partial charge in [-0.2, -0.15) is 5.21 Å². The summed E-state index contributed by atoms with van der Waals surface area (Å²) in [7, 11) is 5.56. The number of likely N-dealkylation sites (N-methyl/N-ethyl adjacent to an activating group) is 1. The molecule has 0 aliphatic rings. The Morgan fingerprint density at radius 1 is 1.33 bits per heavy atom. The Balaban J connectivity index is 3.78. The molecule has 1 unspecified atom stereocenters. The summed E-state index contributed by atoms with van der Waals surface area (Å²) in [6.07, 6.45) is 0. The third-order valence-electron chi connectivity index (χ3n) is 1.80. The van der Waals surface area contributed by atoms with E-state index in [9.17, 15) is 5.21 Å². The Morgan fingerprint density at radius 3 is 2.25 bits per heavy atom. The summed E-state index contributed by atoms with van der Waals surface area (Å²) in [5, 5.41) is 18.4. The fraction of sp³-hybridized carbons (Fsp3) is 1.00. The van der Waals surface area contributed by atoms with Crippen molar-refractivity contribution in [2.24, 2.45) is 0 Å². The molecule has 0 radical (unpaired) electrons. The number of rotatable bonds is 6. The average Bonchev–Trinajstić information content (AvgIpc) is 2.02. The lowest BCUT2D eigenvalue weighted by atomic mass is 10.5. The largest absolute Gasteiger partial charge is 0.390 e. The summed E-state index contributed by atoms with van der Waals surface area (Å²) in [6, 6.07) is 0. The van der Waals surface area contributed by atoms with Gasteiger partial charge in [0.05, 0.1) is 13.2 Å². The minimum Gasteiger partial charge on any atom is -0.390 e. The van der Waals surface area contributed by atoms with Gasteiger partial charge in [0.25, 0.3) is 0 Å². The fourth-order valence-electron chi connectivity index (χ4n) is 0.866. The van der Waals surface area contributed by atoms with Gasteiger partial charge in [0.2, 0.25) is 0 Å². The lowest BCUT2D eigenvalue weighted by Gasteiger charge is -2.28. The molecule has 0 bridgehead atoms. The van der Waals surface area contributed by atoms with Crippen LogP contribution in [0.1, 0.15) is 0 Å². The SMILES string of the molecule is CN[N+](O)(CCO)CCN(C)C. The molecule has 0 aliphatic heterocycles. The van der Waals surface area contributed by atoms with Gasteiger partial charge in [-0.3, -0.25) is 0 Å². The summed E-state index contributed by atoms with van der Waals surface area (Å²) in [5.41, 5.74) is 2.74. The first-order valence-electron chi connectivity index (χ1n) is 4.08. The number of hydroxylamine groups is 2. The van der Waals surface area contributed by atoms with E-state index in [0.29, 0.717) is 13.1 Å². The molecule has 0 aromatic rings. The molecule has 3 N–H and O–H groups in total. The molecule has 0 aromatic heterocycles. The Labute approximate surface area is 73.7 Å². The zero-order valence-corrected chi connectivity index (χ0v) is 8.12. The van der Waals surface area contributed by atoms with Crippen LogP contribution in [0.2, 0.25) is 0 Å². The third kappa shape index (κ3) is 4.63. The van der Waals surface area contributed by atoms with Gasteiger partial charge >= 0.3 is 0 Å². The van der Waals surface area contributed by atoms with Gasteiger partial charge in [-0.15, -0.1) is 10.2 Å². The first-order chi connectivity index (χ1) is 5.54. The van der Waals surface area contributed by atoms with E-state index in [1.165, 1.54) is 0 Å². The monoisotopic (exact) mass is 178 g/mol. The quantitative estimate of drug-likeness (QED) is 0.356. The van der Waals surface area contributed by atoms with Crippen LogP contribution in [0.15, 0.2) is 0 Å². The molecule has 0 rings (SSSR count). The minimum absolute atomic E-state index is 0.0230. The fourth-order valence-corrected chi connectivity index (χ4v) is 0.866. The van der Waals surface area contributed by atoms with Crippen molar-refractivity contribution in [1.29, 1.82) is 0 Å². The highest BCUT2D eigenvalue weighted by molar-refractivity contribution is 4.39. The van der Waals surface area contributed by atoms with Crippen molar-refractivity contribution in [3.63, 3.8) is 0 Å². The highest BCUT2D eigenvalue weighted by atomic mass is 16.6. The number of hydrogen-bond donors (Lipinski definition) is 3. The van der Waals surface area contributed by atoms with E-state index in [4.69, 9.17) is 5.11 Å². The van der Waals surface area contributed by atoms with Crippen LogP contribution in [0, 0.1) is 0 Å². The van der Waals surface area contributed by atoms with Gasteiger partial charge in [-0.1, -0.05) is 0 Å². The molecule has 0 saturated carbocycles. The summed E-state index contributed by atoms with van der Waals surface area (Å²) in [6.45, 7) is 1.62. The second kappa shape index (κ2) is 5.45. The first-order valence-corrected chi connectivity index (χ1v) is 4.08. The molecule has 0 amide bonds. The summed E-state index contributed by atoms with van der Waals surface area (Å²) in [4.78, 5) is 1.98. The van der Waals surface area contributed by atoms with Gasteiger partial charge in [-0.05, 0) is 14.1 Å². The van der Waals surface area contributed by atoms with Crippen molar-refractivity contribution in [3.8, 4) is 0 Å². The molecule has 0 heterocycles. The molecule has 5 nitrogen and oxygen atoms in total. The Morgan fingerprint density at radius 2 is 1.92 bits per heavy atom. The Hall–Kier alpha value is -0.200. The summed E-state index contributed by atoms with van der Waals surface area (Å²) >= 11 is 0. The van der Waals surface area contributed by atoms with E-state index in [-0.39, 0.29) is 11.4 Å². The van der Waals surface area contributed by atoms with Crippen LogP contribution in [0.5, 0.6) is 0 Å². The molecule has 0 fully saturated rings. The molecule has 0 aliphatic carbocycles. The standard InChI is InChI=1S/C7H20N3O2/c1-8-10(12,6-7-11)5-4-9(2)3/h8,11-12H,4-7H2,1-3H3/q+1. The molecule has 74 valence electrons. The number of hydrogen-bond acceptors (Lipinski definition) is 4. The highest BCUT2D eigenvalue weighted by Gasteiger charge is 2.22. The maximum Gasteiger partial charge on any atom is 0.151 e. The molecule has 5 heteroatoms. The van der Waals surface area contributed by atoms with Crippen LogP contribution in [0.25, 0.3) is 0 Å². The van der Waals surface area contributed by atoms with Crippen molar-refractivity contribution in [2.45, 2.75) is 0 Å². The van der Waals surface area contributed by atoms with Crippen LogP contribution in [0.3, 0.4) is 0 Å². The highest BCUT2D eigenvalue weighted by Crippen LogP contribution is 1.94. The van der Waals surface area contributed by atoms with Crippen LogP contribution >= 0.6 is 0 Å². The van der Waals surface area contributed by atoms with Crippen LogP contribution in [-0.4, -0.2) is 67.4 Å². The van der Waals surface area contributed by atoms with E-state index in [1.54, 1.807) is 7.05 Å². The van der Waals surface area contributed by atoms with Crippen LogP contribution in [-0.2, 0) is 0 Å². The number of aliphatic hydroxyl groups is 1. The molecular weight excluding hydrogens is 158 g/mol. The number of quaternary nitrogens is 1. The molecule has 0 aromatic carbocycles. The topological polar surface area (TPSA) is 55.7 Å². The Kier molecular flexibility index (Phi) is 5.36. The van der Waals surface area contributed by atoms with Gasteiger partial charge in [0, 0.05) is 7.05 Å². The van der Waals surface area contributed by atoms with E-state index < -0.39 is 0 Å². The summed E-state index contributed by atoms with van der Waals surface area (Å²) in [5.74, 6) is 0. The van der Waals surface area contributed by atoms with Crippen LogP contribution in [0.4, 0.5) is 0 Å². The Bertz CT molecular complexity index is 121. The van der Waals surface area contributed by atoms with Crippen LogP contribution < -0.4 is 5.43 Å². The van der Waals surface area contributed by atoms with Crippen molar-refractivity contribution >= 4 is 0 Å². The number of nitrogens with zero attached hydrogens (tertiary/aromatic N) is 2. The maximum absolute atomic E-state index is 9.71. The number of nitrogens with one attached hydrogen (secondary N) is 1. The molecule has 12 heavy (non-hydrogen) atoms. The zero-order chi connectivity index (χ0) is 9.61. The summed E-state index contributed by atoms with van der Waals surface area (Å²) < 4.78 is -0.283. The molecular formula is C7H20N3O2+. The van der Waals surface area contributed by atoms with Crippen molar-refractivity contribution in [1.82, 2.24) is 10.3 Å². The zero-order valence-electron chi connectivity index (χ0n) is 8.12. The predicted octanol–water partition coefficient (Wildman–Crippen LogP) is -1.12. The maximum atomic E-state index is 9.71. The van der Waals surface area contributed by atoms with Crippen molar-refractivity contribution in [3.05, 3.63) is 0 Å². The number of aliphatic hydroxyl groups excluding tert-OH is 1. The third-order valence-corrected chi connectivity index (χ3v) is 1.80. The van der Waals surface area contributed by atoms with E-state index in [0.717, 1.165) is 6.54 Å². The first kappa shape index (κ1) is 11.8. The minimum atomic E-state index is -0.283. The predicted molar refractivity (Wildman–Crippen MR) is 46.5 cm³/mol. The second-order valence-electron chi connectivity index (χ2n) is 3.12. The molecule has 1 atom stereocenters. The van der Waals surface area contributed by atoms with E-state index in [1.807, 2.05) is 19.0 Å². The van der Waals surface area contributed by atoms with Gasteiger partial charge in [-0.25, -0.2) is 0 Å². The van der Waals surface area contributed by atoms with Gasteiger partial charge < -0.3 is 10.0 Å². The van der Waals surface area contributed by atoms with Gasteiger partial charge in [0.15, 0.2) is 6.54 Å².